The molecule has 0 bridgehead atoms. The molecule has 1 atom stereocenters. The van der Waals surface area contributed by atoms with Crippen LogP contribution in [0.2, 0.25) is 0 Å². The van der Waals surface area contributed by atoms with Gasteiger partial charge in [-0.15, -0.1) is 6.58 Å². The number of rotatable bonds is 2. The van der Waals surface area contributed by atoms with Crippen molar-refractivity contribution in [2.24, 2.45) is 5.73 Å². The normalized spacial score (nSPS) is 12.5. The first kappa shape index (κ1) is 8.74. The molecular weight excluding hydrogens is 157 g/mol. The van der Waals surface area contributed by atoms with Crippen molar-refractivity contribution in [3.8, 4) is 5.75 Å². The van der Waals surface area contributed by atoms with E-state index in [9.17, 15) is 4.39 Å². The van der Waals surface area contributed by atoms with Gasteiger partial charge in [0.05, 0.1) is 0 Å². The number of hydrogen-bond donors (Lipinski definition) is 2. The molecule has 0 radical (unpaired) electrons. The standard InChI is InChI=1S/C9H10FNO/c1-2-8(11)6-3-4-7(10)9(12)5-6/h2-5,8,12H,1,11H2. The van der Waals surface area contributed by atoms with E-state index < -0.39 is 5.82 Å². The zero-order chi connectivity index (χ0) is 9.14. The quantitative estimate of drug-likeness (QED) is 0.659. The van der Waals surface area contributed by atoms with Gasteiger partial charge in [0.1, 0.15) is 0 Å². The number of aromatic hydroxyl groups is 1. The molecular formula is C9H10FNO. The summed E-state index contributed by atoms with van der Waals surface area (Å²) in [5, 5.41) is 8.98. The lowest BCUT2D eigenvalue weighted by molar-refractivity contribution is 0.431. The Morgan fingerprint density at radius 2 is 2.25 bits per heavy atom. The molecule has 0 aliphatic heterocycles. The average molecular weight is 167 g/mol. The summed E-state index contributed by atoms with van der Waals surface area (Å²) in [6.07, 6.45) is 1.52. The first-order valence-electron chi connectivity index (χ1n) is 3.51. The maximum atomic E-state index is 12.5. The summed E-state index contributed by atoms with van der Waals surface area (Å²) in [6, 6.07) is 3.62. The van der Waals surface area contributed by atoms with Crippen LogP contribution in [0.25, 0.3) is 0 Å². The molecule has 64 valence electrons. The Morgan fingerprint density at radius 3 is 2.75 bits per heavy atom. The minimum Gasteiger partial charge on any atom is -0.505 e. The average Bonchev–Trinajstić information content (AvgIpc) is 2.08. The van der Waals surface area contributed by atoms with Crippen LogP contribution in [-0.2, 0) is 0 Å². The smallest absolute Gasteiger partial charge is 0.164 e. The molecule has 0 fully saturated rings. The van der Waals surface area contributed by atoms with Gasteiger partial charge in [-0.25, -0.2) is 4.39 Å². The van der Waals surface area contributed by atoms with Crippen LogP contribution in [0.3, 0.4) is 0 Å². The summed E-state index contributed by atoms with van der Waals surface area (Å²) < 4.78 is 12.5. The molecule has 0 saturated carbocycles. The number of nitrogens with two attached hydrogens (primary N) is 1. The third-order valence-corrected chi connectivity index (χ3v) is 1.61. The second kappa shape index (κ2) is 3.36. The lowest BCUT2D eigenvalue weighted by Gasteiger charge is -2.06. The molecule has 0 heterocycles. The van der Waals surface area contributed by atoms with E-state index in [4.69, 9.17) is 10.8 Å². The van der Waals surface area contributed by atoms with Gasteiger partial charge in [0, 0.05) is 6.04 Å². The Bertz CT molecular complexity index is 299. The highest BCUT2D eigenvalue weighted by Crippen LogP contribution is 2.20. The molecule has 3 heteroatoms. The van der Waals surface area contributed by atoms with Gasteiger partial charge in [-0.3, -0.25) is 0 Å². The Labute approximate surface area is 70.1 Å². The molecule has 0 aliphatic rings. The van der Waals surface area contributed by atoms with Crippen LogP contribution >= 0.6 is 0 Å². The molecule has 0 aliphatic carbocycles. The van der Waals surface area contributed by atoms with Gasteiger partial charge < -0.3 is 10.8 Å². The van der Waals surface area contributed by atoms with Crippen LogP contribution in [0.15, 0.2) is 30.9 Å². The van der Waals surface area contributed by atoms with E-state index in [2.05, 4.69) is 6.58 Å². The minimum atomic E-state index is -0.644. The van der Waals surface area contributed by atoms with Crippen LogP contribution in [0.4, 0.5) is 4.39 Å². The minimum absolute atomic E-state index is 0.364. The monoisotopic (exact) mass is 167 g/mol. The first-order chi connectivity index (χ1) is 5.65. The van der Waals surface area contributed by atoms with E-state index in [1.54, 1.807) is 0 Å². The van der Waals surface area contributed by atoms with Crippen molar-refractivity contribution in [1.82, 2.24) is 0 Å². The lowest BCUT2D eigenvalue weighted by Crippen LogP contribution is -2.06. The van der Waals surface area contributed by atoms with Gasteiger partial charge in [-0.05, 0) is 17.7 Å². The Morgan fingerprint density at radius 1 is 1.58 bits per heavy atom. The number of phenolic OH excluding ortho intramolecular Hbond substituents is 1. The Kier molecular flexibility index (Phi) is 2.45. The van der Waals surface area contributed by atoms with Gasteiger partial charge in [0.2, 0.25) is 0 Å². The van der Waals surface area contributed by atoms with Crippen molar-refractivity contribution in [3.63, 3.8) is 0 Å². The van der Waals surface area contributed by atoms with Gasteiger partial charge >= 0.3 is 0 Å². The SMILES string of the molecule is C=CC(N)c1ccc(F)c(O)c1. The highest BCUT2D eigenvalue weighted by molar-refractivity contribution is 5.32. The number of halogens is 1. The van der Waals surface area contributed by atoms with Crippen molar-refractivity contribution in [3.05, 3.63) is 42.2 Å². The lowest BCUT2D eigenvalue weighted by atomic mass is 10.1. The van der Waals surface area contributed by atoms with Crippen LogP contribution < -0.4 is 5.73 Å². The largest absolute Gasteiger partial charge is 0.505 e. The molecule has 0 aromatic heterocycles. The van der Waals surface area contributed by atoms with E-state index >= 15 is 0 Å². The van der Waals surface area contributed by atoms with Crippen LogP contribution in [0.1, 0.15) is 11.6 Å². The van der Waals surface area contributed by atoms with E-state index in [-0.39, 0.29) is 11.8 Å². The maximum Gasteiger partial charge on any atom is 0.164 e. The second-order valence-corrected chi connectivity index (χ2v) is 2.47. The third-order valence-electron chi connectivity index (χ3n) is 1.61. The van der Waals surface area contributed by atoms with E-state index in [0.717, 1.165) is 0 Å². The summed E-state index contributed by atoms with van der Waals surface area (Å²) in [7, 11) is 0. The van der Waals surface area contributed by atoms with Crippen LogP contribution in [0.5, 0.6) is 5.75 Å². The molecule has 1 aromatic rings. The Balaban J connectivity index is 3.04. The molecule has 3 N–H and O–H groups in total. The van der Waals surface area contributed by atoms with Crippen molar-refractivity contribution < 1.29 is 9.50 Å². The summed E-state index contributed by atoms with van der Waals surface area (Å²) in [5.41, 5.74) is 6.20. The molecule has 0 spiro atoms. The fourth-order valence-corrected chi connectivity index (χ4v) is 0.873. The van der Waals surface area contributed by atoms with Gasteiger partial charge in [-0.1, -0.05) is 12.1 Å². The molecule has 1 rings (SSSR count). The highest BCUT2D eigenvalue weighted by atomic mass is 19.1. The maximum absolute atomic E-state index is 12.5. The third kappa shape index (κ3) is 1.62. The number of phenols is 1. The van der Waals surface area contributed by atoms with Gasteiger partial charge in [-0.2, -0.15) is 0 Å². The second-order valence-electron chi connectivity index (χ2n) is 2.47. The topological polar surface area (TPSA) is 46.2 Å². The van der Waals surface area contributed by atoms with Crippen molar-refractivity contribution in [2.45, 2.75) is 6.04 Å². The van der Waals surface area contributed by atoms with E-state index in [0.29, 0.717) is 5.56 Å². The fraction of sp³-hybridized carbons (Fsp3) is 0.111. The van der Waals surface area contributed by atoms with Crippen LogP contribution in [0, 0.1) is 5.82 Å². The first-order valence-corrected chi connectivity index (χ1v) is 3.51. The summed E-state index contributed by atoms with van der Waals surface area (Å²) in [4.78, 5) is 0. The molecule has 1 unspecified atom stereocenters. The predicted octanol–water partition coefficient (Wildman–Crippen LogP) is 1.72. The molecule has 2 nitrogen and oxygen atoms in total. The zero-order valence-corrected chi connectivity index (χ0v) is 6.50. The molecule has 0 amide bonds. The highest BCUT2D eigenvalue weighted by Gasteiger charge is 2.04. The van der Waals surface area contributed by atoms with Crippen molar-refractivity contribution in [2.75, 3.05) is 0 Å². The number of benzene rings is 1. The van der Waals surface area contributed by atoms with Crippen LogP contribution in [-0.4, -0.2) is 5.11 Å². The summed E-state index contributed by atoms with van der Waals surface area (Å²) >= 11 is 0. The Hall–Kier alpha value is -1.35. The molecule has 0 saturated heterocycles. The van der Waals surface area contributed by atoms with Crippen molar-refractivity contribution in [1.29, 1.82) is 0 Å². The predicted molar refractivity (Wildman–Crippen MR) is 45.2 cm³/mol. The van der Waals surface area contributed by atoms with Crippen molar-refractivity contribution >= 4 is 0 Å². The molecule has 12 heavy (non-hydrogen) atoms. The summed E-state index contributed by atoms with van der Waals surface area (Å²) in [5.74, 6) is -1.03. The molecule has 1 aromatic carbocycles. The van der Waals surface area contributed by atoms with E-state index in [1.165, 1.54) is 24.3 Å². The summed E-state index contributed by atoms with van der Waals surface area (Å²) in [6.45, 7) is 3.49. The van der Waals surface area contributed by atoms with Gasteiger partial charge in [0.25, 0.3) is 0 Å². The van der Waals surface area contributed by atoms with Gasteiger partial charge in [0.15, 0.2) is 11.6 Å². The fourth-order valence-electron chi connectivity index (χ4n) is 0.873. The zero-order valence-electron chi connectivity index (χ0n) is 6.50. The number of hydrogen-bond acceptors (Lipinski definition) is 2. The van der Waals surface area contributed by atoms with E-state index in [1.807, 2.05) is 0 Å².